The summed E-state index contributed by atoms with van der Waals surface area (Å²) in [6.45, 7) is 5.11. The summed E-state index contributed by atoms with van der Waals surface area (Å²) < 4.78 is 1.66. The Morgan fingerprint density at radius 3 is 2.65 bits per heavy atom. The summed E-state index contributed by atoms with van der Waals surface area (Å²) >= 11 is 6.22. The topological polar surface area (TPSA) is 51.0 Å². The molecule has 2 aromatic carbocycles. The van der Waals surface area contributed by atoms with E-state index in [1.54, 1.807) is 4.68 Å². The zero-order valence-corrected chi connectivity index (χ0v) is 15.5. The second kappa shape index (κ2) is 6.57. The lowest BCUT2D eigenvalue weighted by atomic mass is 10.00. The molecule has 4 rings (SSSR count). The minimum Gasteiger partial charge on any atom is -0.333 e. The van der Waals surface area contributed by atoms with Crippen LogP contribution in [-0.4, -0.2) is 32.3 Å². The van der Waals surface area contributed by atoms with Gasteiger partial charge in [-0.3, -0.25) is 4.79 Å². The molecule has 6 heteroatoms. The van der Waals surface area contributed by atoms with Crippen molar-refractivity contribution < 1.29 is 4.79 Å². The van der Waals surface area contributed by atoms with Crippen molar-refractivity contribution in [3.05, 3.63) is 75.6 Å². The smallest absolute Gasteiger partial charge is 0.276 e. The lowest BCUT2D eigenvalue weighted by Crippen LogP contribution is -2.36. The number of nitrogens with zero attached hydrogens (tertiary/aromatic N) is 4. The van der Waals surface area contributed by atoms with Gasteiger partial charge < -0.3 is 4.90 Å². The summed E-state index contributed by atoms with van der Waals surface area (Å²) in [6, 6.07) is 13.9. The first-order valence-electron chi connectivity index (χ1n) is 8.59. The summed E-state index contributed by atoms with van der Waals surface area (Å²) in [7, 11) is 0. The van der Waals surface area contributed by atoms with E-state index < -0.39 is 0 Å². The third-order valence-corrected chi connectivity index (χ3v) is 5.32. The number of hydrogen-bond acceptors (Lipinski definition) is 3. The highest BCUT2D eigenvalue weighted by Gasteiger charge is 2.26. The largest absolute Gasteiger partial charge is 0.333 e. The van der Waals surface area contributed by atoms with Crippen LogP contribution in [-0.2, 0) is 13.0 Å². The molecule has 0 aliphatic carbocycles. The van der Waals surface area contributed by atoms with Crippen LogP contribution in [0.3, 0.4) is 0 Å². The first-order chi connectivity index (χ1) is 12.5. The quantitative estimate of drug-likeness (QED) is 0.694. The molecule has 5 nitrogen and oxygen atoms in total. The van der Waals surface area contributed by atoms with Crippen molar-refractivity contribution in [2.75, 3.05) is 6.54 Å². The highest BCUT2D eigenvalue weighted by Crippen LogP contribution is 2.23. The first kappa shape index (κ1) is 16.8. The second-order valence-electron chi connectivity index (χ2n) is 6.61. The van der Waals surface area contributed by atoms with Gasteiger partial charge in [0.05, 0.1) is 11.4 Å². The number of aryl methyl sites for hydroxylation is 1. The lowest BCUT2D eigenvalue weighted by Gasteiger charge is -2.28. The van der Waals surface area contributed by atoms with Gasteiger partial charge in [-0.05, 0) is 49.1 Å². The number of carbonyl (C=O) groups excluding carboxylic acids is 1. The summed E-state index contributed by atoms with van der Waals surface area (Å²) in [6.07, 6.45) is 0.864. The Bertz CT molecular complexity index is 995. The molecule has 132 valence electrons. The van der Waals surface area contributed by atoms with E-state index in [2.05, 4.69) is 22.4 Å². The van der Waals surface area contributed by atoms with Gasteiger partial charge in [-0.25, -0.2) is 4.68 Å². The zero-order chi connectivity index (χ0) is 18.3. The molecular weight excluding hydrogens is 348 g/mol. The van der Waals surface area contributed by atoms with E-state index >= 15 is 0 Å². The highest BCUT2D eigenvalue weighted by atomic mass is 35.5. The fourth-order valence-corrected chi connectivity index (χ4v) is 3.48. The Hall–Kier alpha value is -2.66. The summed E-state index contributed by atoms with van der Waals surface area (Å²) in [5.74, 6) is -0.0820. The Balaban J connectivity index is 1.62. The predicted octanol–water partition coefficient (Wildman–Crippen LogP) is 3.74. The van der Waals surface area contributed by atoms with Crippen molar-refractivity contribution in [1.29, 1.82) is 0 Å². The average molecular weight is 367 g/mol. The van der Waals surface area contributed by atoms with Crippen LogP contribution in [0.15, 0.2) is 42.5 Å². The number of fused-ring (bicyclic) bond motifs is 1. The van der Waals surface area contributed by atoms with Gasteiger partial charge in [0.25, 0.3) is 5.91 Å². The number of carbonyl (C=O) groups is 1. The molecule has 0 N–H and O–H groups in total. The van der Waals surface area contributed by atoms with Gasteiger partial charge in [0.2, 0.25) is 0 Å². The van der Waals surface area contributed by atoms with Crippen LogP contribution in [0.5, 0.6) is 0 Å². The number of benzene rings is 2. The van der Waals surface area contributed by atoms with E-state index in [1.165, 1.54) is 11.1 Å². The normalized spacial score (nSPS) is 13.6. The molecule has 1 aliphatic rings. The summed E-state index contributed by atoms with van der Waals surface area (Å²) in [5.41, 5.74) is 5.41. The molecule has 0 atom stereocenters. The zero-order valence-electron chi connectivity index (χ0n) is 14.7. The van der Waals surface area contributed by atoms with Gasteiger partial charge in [-0.15, -0.1) is 5.10 Å². The van der Waals surface area contributed by atoms with Gasteiger partial charge in [-0.1, -0.05) is 47.1 Å². The van der Waals surface area contributed by atoms with Gasteiger partial charge in [0.1, 0.15) is 0 Å². The van der Waals surface area contributed by atoms with Crippen LogP contribution in [0.2, 0.25) is 5.02 Å². The minimum atomic E-state index is -0.0820. The van der Waals surface area contributed by atoms with Crippen molar-refractivity contribution in [3.63, 3.8) is 0 Å². The van der Waals surface area contributed by atoms with Crippen molar-refractivity contribution in [2.45, 2.75) is 26.8 Å². The molecular formula is C20H19ClN4O. The van der Waals surface area contributed by atoms with Gasteiger partial charge in [-0.2, -0.15) is 0 Å². The Morgan fingerprint density at radius 2 is 1.88 bits per heavy atom. The van der Waals surface area contributed by atoms with Crippen LogP contribution >= 0.6 is 11.6 Å². The molecule has 2 heterocycles. The molecule has 26 heavy (non-hydrogen) atoms. The van der Waals surface area contributed by atoms with E-state index in [0.717, 1.165) is 17.7 Å². The predicted molar refractivity (Wildman–Crippen MR) is 101 cm³/mol. The van der Waals surface area contributed by atoms with Crippen molar-refractivity contribution in [3.8, 4) is 5.69 Å². The van der Waals surface area contributed by atoms with Crippen LogP contribution in [0.25, 0.3) is 5.69 Å². The third-order valence-electron chi connectivity index (χ3n) is 4.92. The summed E-state index contributed by atoms with van der Waals surface area (Å²) in [4.78, 5) is 14.8. The molecule has 0 saturated heterocycles. The minimum absolute atomic E-state index is 0.0820. The number of hydrogen-bond donors (Lipinski definition) is 0. The molecule has 0 radical (unpaired) electrons. The van der Waals surface area contributed by atoms with E-state index in [1.807, 2.05) is 49.1 Å². The SMILES string of the molecule is Cc1ccc(-n2nnc(C(=O)N3CCc4ccccc4C3)c2C)cc1Cl. The molecule has 0 fully saturated rings. The Morgan fingerprint density at radius 1 is 1.12 bits per heavy atom. The van der Waals surface area contributed by atoms with Gasteiger partial charge in [0, 0.05) is 18.1 Å². The van der Waals surface area contributed by atoms with E-state index in [9.17, 15) is 4.79 Å². The first-order valence-corrected chi connectivity index (χ1v) is 8.97. The second-order valence-corrected chi connectivity index (χ2v) is 7.02. The standard InChI is InChI=1S/C20H19ClN4O/c1-13-7-8-17(11-18(13)21)25-14(2)19(22-23-25)20(26)24-10-9-15-5-3-4-6-16(15)12-24/h3-8,11H,9-10,12H2,1-2H3. The molecule has 0 spiro atoms. The van der Waals surface area contributed by atoms with Gasteiger partial charge in [0.15, 0.2) is 5.69 Å². The van der Waals surface area contributed by atoms with Crippen LogP contribution < -0.4 is 0 Å². The van der Waals surface area contributed by atoms with Crippen molar-refractivity contribution in [1.82, 2.24) is 19.9 Å². The fourth-order valence-electron chi connectivity index (χ4n) is 3.30. The molecule has 3 aromatic rings. The van der Waals surface area contributed by atoms with Crippen molar-refractivity contribution >= 4 is 17.5 Å². The monoisotopic (exact) mass is 366 g/mol. The Labute approximate surface area is 157 Å². The number of halogens is 1. The summed E-state index contributed by atoms with van der Waals surface area (Å²) in [5, 5.41) is 9.00. The van der Waals surface area contributed by atoms with E-state index in [0.29, 0.717) is 29.5 Å². The maximum absolute atomic E-state index is 13.0. The van der Waals surface area contributed by atoms with Crippen LogP contribution in [0.4, 0.5) is 0 Å². The molecule has 1 aromatic heterocycles. The lowest BCUT2D eigenvalue weighted by molar-refractivity contribution is 0.0728. The number of amides is 1. The number of aromatic nitrogens is 3. The molecule has 1 amide bonds. The average Bonchev–Trinajstić information content (AvgIpc) is 3.04. The molecule has 0 unspecified atom stereocenters. The molecule has 0 bridgehead atoms. The molecule has 1 aliphatic heterocycles. The van der Waals surface area contributed by atoms with Crippen LogP contribution in [0, 0.1) is 13.8 Å². The van der Waals surface area contributed by atoms with E-state index in [-0.39, 0.29) is 5.91 Å². The Kier molecular flexibility index (Phi) is 4.24. The van der Waals surface area contributed by atoms with Crippen LogP contribution in [0.1, 0.15) is 32.9 Å². The van der Waals surface area contributed by atoms with E-state index in [4.69, 9.17) is 11.6 Å². The fraction of sp³-hybridized carbons (Fsp3) is 0.250. The highest BCUT2D eigenvalue weighted by molar-refractivity contribution is 6.31. The van der Waals surface area contributed by atoms with Gasteiger partial charge >= 0.3 is 0 Å². The maximum Gasteiger partial charge on any atom is 0.276 e. The third kappa shape index (κ3) is 2.88. The van der Waals surface area contributed by atoms with Crippen molar-refractivity contribution in [2.24, 2.45) is 0 Å². The number of rotatable bonds is 2. The maximum atomic E-state index is 13.0. The molecule has 0 saturated carbocycles.